The van der Waals surface area contributed by atoms with Crippen LogP contribution in [0.1, 0.15) is 22.3 Å². The molecule has 1 saturated carbocycles. The number of ketones is 2. The summed E-state index contributed by atoms with van der Waals surface area (Å²) in [7, 11) is 2.92. The summed E-state index contributed by atoms with van der Waals surface area (Å²) in [4.78, 5) is 41.0. The maximum Gasteiger partial charge on any atom is 0.255 e. The van der Waals surface area contributed by atoms with Gasteiger partial charge in [-0.2, -0.15) is 0 Å². The number of likely N-dealkylation sites (N-methyl/N-ethyl adjacent to an activating group) is 1. The number of hydrogen-bond donors (Lipinski definition) is 6. The van der Waals surface area contributed by atoms with E-state index in [1.54, 1.807) is 24.3 Å². The summed E-state index contributed by atoms with van der Waals surface area (Å²) in [6.45, 7) is 1.89. The van der Waals surface area contributed by atoms with Crippen molar-refractivity contribution in [2.24, 2.45) is 17.6 Å². The molecule has 3 aliphatic rings. The van der Waals surface area contributed by atoms with Gasteiger partial charge in [0.25, 0.3) is 5.91 Å². The first-order valence-corrected chi connectivity index (χ1v) is 12.3. The molecule has 202 valence electrons. The van der Waals surface area contributed by atoms with E-state index in [9.17, 15) is 39.9 Å². The second-order valence-corrected chi connectivity index (χ2v) is 10.4. The first-order valence-electron chi connectivity index (χ1n) is 12.3. The van der Waals surface area contributed by atoms with E-state index >= 15 is 0 Å². The van der Waals surface area contributed by atoms with Crippen LogP contribution in [-0.2, 0) is 14.4 Å². The van der Waals surface area contributed by atoms with Gasteiger partial charge in [-0.3, -0.25) is 19.3 Å². The van der Waals surface area contributed by atoms with Crippen molar-refractivity contribution in [3.05, 3.63) is 81.6 Å². The van der Waals surface area contributed by atoms with Crippen molar-refractivity contribution in [1.82, 2.24) is 4.90 Å². The third-order valence-electron chi connectivity index (χ3n) is 7.89. The molecular formula is C29H28N2O8. The van der Waals surface area contributed by atoms with Gasteiger partial charge in [0, 0.05) is 5.92 Å². The lowest BCUT2D eigenvalue weighted by Gasteiger charge is -2.53. The van der Waals surface area contributed by atoms with E-state index in [2.05, 4.69) is 0 Å². The Morgan fingerprint density at radius 3 is 2.36 bits per heavy atom. The Bertz CT molecular complexity index is 1550. The lowest BCUT2D eigenvalue weighted by atomic mass is 9.55. The van der Waals surface area contributed by atoms with Gasteiger partial charge in [-0.15, -0.1) is 0 Å². The topological polar surface area (TPSA) is 182 Å². The highest BCUT2D eigenvalue weighted by atomic mass is 16.4. The van der Waals surface area contributed by atoms with Crippen LogP contribution in [0.2, 0.25) is 0 Å². The number of benzene rings is 2. The smallest absolute Gasteiger partial charge is 0.255 e. The van der Waals surface area contributed by atoms with Crippen LogP contribution in [0.4, 0.5) is 0 Å². The van der Waals surface area contributed by atoms with Gasteiger partial charge in [-0.25, -0.2) is 0 Å². The molecule has 0 aliphatic heterocycles. The first kappa shape index (κ1) is 26.4. The quantitative estimate of drug-likeness (QED) is 0.317. The molecule has 10 heteroatoms. The van der Waals surface area contributed by atoms with E-state index in [4.69, 9.17) is 5.73 Å². The number of aliphatic hydroxyl groups is 4. The van der Waals surface area contributed by atoms with E-state index in [0.29, 0.717) is 16.7 Å². The van der Waals surface area contributed by atoms with Crippen LogP contribution in [0.5, 0.6) is 5.75 Å². The predicted molar refractivity (Wildman–Crippen MR) is 141 cm³/mol. The largest absolute Gasteiger partial charge is 0.508 e. The van der Waals surface area contributed by atoms with Crippen LogP contribution in [0, 0.1) is 18.8 Å². The summed E-state index contributed by atoms with van der Waals surface area (Å²) in [6, 6.07) is 10.4. The van der Waals surface area contributed by atoms with Gasteiger partial charge >= 0.3 is 0 Å². The van der Waals surface area contributed by atoms with Crippen LogP contribution in [0.3, 0.4) is 0 Å². The number of carbonyl (C=O) groups is 3. The molecule has 0 bridgehead atoms. The van der Waals surface area contributed by atoms with E-state index in [1.807, 2.05) is 25.1 Å². The second-order valence-electron chi connectivity index (χ2n) is 10.4. The molecule has 5 rings (SSSR count). The molecule has 0 heterocycles. The number of Topliss-reactive ketones (excluding diaryl/α,β-unsaturated/α-hetero) is 2. The van der Waals surface area contributed by atoms with Crippen LogP contribution in [0.25, 0.3) is 17.4 Å². The molecule has 3 aliphatic carbocycles. The van der Waals surface area contributed by atoms with Crippen LogP contribution in [-0.4, -0.2) is 79.7 Å². The molecule has 2 aromatic rings. The predicted octanol–water partition coefficient (Wildman–Crippen LogP) is 1.24. The van der Waals surface area contributed by atoms with E-state index in [0.717, 1.165) is 5.56 Å². The number of nitrogens with two attached hydrogens (primary N) is 1. The van der Waals surface area contributed by atoms with Crippen LogP contribution in [0.15, 0.2) is 59.4 Å². The highest BCUT2D eigenvalue weighted by Crippen LogP contribution is 2.56. The van der Waals surface area contributed by atoms with E-state index < -0.39 is 69.7 Å². The third kappa shape index (κ3) is 3.56. The number of aliphatic hydroxyl groups excluding tert-OH is 3. The average molecular weight is 533 g/mol. The minimum atomic E-state index is -2.97. The number of fused-ring (bicyclic) bond motifs is 3. The molecule has 10 nitrogen and oxygen atoms in total. The minimum absolute atomic E-state index is 0.0973. The Balaban J connectivity index is 1.86. The summed E-state index contributed by atoms with van der Waals surface area (Å²) in [6.07, 6.45) is -0.0207. The second kappa shape index (κ2) is 8.91. The molecule has 0 radical (unpaired) electrons. The number of aromatic hydroxyl groups is 1. The number of carbonyl (C=O) groups excluding carboxylic acids is 3. The molecule has 1 amide bonds. The van der Waals surface area contributed by atoms with Crippen molar-refractivity contribution >= 4 is 34.9 Å². The number of amides is 1. The molecule has 5 atom stereocenters. The summed E-state index contributed by atoms with van der Waals surface area (Å²) < 4.78 is 0. The lowest BCUT2D eigenvalue weighted by Crippen LogP contribution is -2.70. The van der Waals surface area contributed by atoms with Gasteiger partial charge in [0.1, 0.15) is 22.8 Å². The number of aryl methyl sites for hydroxylation is 1. The molecule has 0 aromatic heterocycles. The zero-order valence-electron chi connectivity index (χ0n) is 21.4. The monoisotopic (exact) mass is 532 g/mol. The minimum Gasteiger partial charge on any atom is -0.508 e. The molecular weight excluding hydrogens is 504 g/mol. The fourth-order valence-electron chi connectivity index (χ4n) is 6.25. The zero-order valence-corrected chi connectivity index (χ0v) is 21.4. The van der Waals surface area contributed by atoms with E-state index in [1.165, 1.54) is 25.1 Å². The maximum absolute atomic E-state index is 14.1. The van der Waals surface area contributed by atoms with Crippen molar-refractivity contribution in [2.45, 2.75) is 24.7 Å². The van der Waals surface area contributed by atoms with Gasteiger partial charge < -0.3 is 31.3 Å². The number of hydrogen-bond acceptors (Lipinski definition) is 9. The molecule has 2 aromatic carbocycles. The van der Waals surface area contributed by atoms with Gasteiger partial charge in [-0.1, -0.05) is 48.0 Å². The van der Waals surface area contributed by atoms with Gasteiger partial charge in [0.2, 0.25) is 5.78 Å². The number of primary amides is 1. The molecule has 0 unspecified atom stereocenters. The van der Waals surface area contributed by atoms with Crippen molar-refractivity contribution in [3.8, 4) is 5.75 Å². The maximum atomic E-state index is 14.1. The highest BCUT2D eigenvalue weighted by Gasteiger charge is 2.68. The summed E-state index contributed by atoms with van der Waals surface area (Å²) in [5.74, 6) is -8.78. The Labute approximate surface area is 223 Å². The van der Waals surface area contributed by atoms with Gasteiger partial charge in [-0.05, 0) is 43.8 Å². The van der Waals surface area contributed by atoms with E-state index in [-0.39, 0.29) is 11.3 Å². The normalized spacial score (nSPS) is 29.4. The number of phenols is 1. The average Bonchev–Trinajstić information content (AvgIpc) is 2.85. The molecule has 39 heavy (non-hydrogen) atoms. The zero-order chi connectivity index (χ0) is 28.5. The fourth-order valence-corrected chi connectivity index (χ4v) is 6.25. The molecule has 1 fully saturated rings. The van der Waals surface area contributed by atoms with Crippen molar-refractivity contribution < 1.29 is 39.9 Å². The van der Waals surface area contributed by atoms with Crippen LogP contribution >= 0.6 is 0 Å². The van der Waals surface area contributed by atoms with Gasteiger partial charge in [0.15, 0.2) is 11.4 Å². The SMILES string of the molecule is Cc1cccc(/C=C2\c3cccc(O)c3C(O)=C3C(=O)[C@]4(O)C(O)=C(C(N)=O)C(=O)[C@@H](N(C)C)[C@@H]4[C@@H](O)[C@@H]32)c1. The van der Waals surface area contributed by atoms with Crippen molar-refractivity contribution in [1.29, 1.82) is 0 Å². The summed E-state index contributed by atoms with van der Waals surface area (Å²) in [5.41, 5.74) is 3.16. The van der Waals surface area contributed by atoms with Crippen molar-refractivity contribution in [3.63, 3.8) is 0 Å². The van der Waals surface area contributed by atoms with Crippen molar-refractivity contribution in [2.75, 3.05) is 14.1 Å². The Morgan fingerprint density at radius 1 is 1.08 bits per heavy atom. The first-order chi connectivity index (χ1) is 18.3. The Morgan fingerprint density at radius 2 is 1.74 bits per heavy atom. The number of nitrogens with zero attached hydrogens (tertiary/aromatic N) is 1. The lowest BCUT2D eigenvalue weighted by molar-refractivity contribution is -0.166. The standard InChI is InChI=1S/C29H28N2O8/c1-12-6-4-7-13(10-12)11-15-14-8-5-9-16(32)17(14)23(33)19-18(15)24(34)21-22(31(2)3)25(35)20(28(30)38)27(37)29(21,39)26(19)36/h4-11,18,21-22,24,32-34,37,39H,1-3H3,(H2,30,38)/b15-11+/t18-,21-,22+,24+,29+/m1/s1. The number of rotatable bonds is 3. The highest BCUT2D eigenvalue weighted by molar-refractivity contribution is 6.25. The summed E-state index contributed by atoms with van der Waals surface area (Å²) >= 11 is 0. The number of phenolic OH excluding ortho intramolecular Hbond substituents is 1. The van der Waals surface area contributed by atoms with Crippen LogP contribution < -0.4 is 5.73 Å². The summed E-state index contributed by atoms with van der Waals surface area (Å²) in [5, 5.41) is 56.7. The fraction of sp³-hybridized carbons (Fsp3) is 0.276. The molecule has 0 saturated heterocycles. The third-order valence-corrected chi connectivity index (χ3v) is 7.89. The van der Waals surface area contributed by atoms with Gasteiger partial charge in [0.05, 0.1) is 29.2 Å². The molecule has 7 N–H and O–H groups in total. The Hall–Kier alpha value is -4.25. The Kier molecular flexibility index (Phi) is 6.02. The molecule has 0 spiro atoms.